The number of carbonyl (C=O) groups excluding carboxylic acids is 1. The van der Waals surface area contributed by atoms with Crippen LogP contribution >= 0.6 is 0 Å². The molecule has 0 aromatic heterocycles. The molecule has 1 aliphatic carbocycles. The Morgan fingerprint density at radius 1 is 1.23 bits per heavy atom. The number of carbonyl (C=O) groups is 1. The van der Waals surface area contributed by atoms with Crippen molar-refractivity contribution in [2.75, 3.05) is 6.54 Å². The van der Waals surface area contributed by atoms with Gasteiger partial charge in [0, 0.05) is 18.6 Å². The lowest BCUT2D eigenvalue weighted by atomic mass is 9.96. The zero-order valence-corrected chi connectivity index (χ0v) is 13.7. The summed E-state index contributed by atoms with van der Waals surface area (Å²) in [7, 11) is 0. The topological polar surface area (TPSA) is 97.5 Å². The summed E-state index contributed by atoms with van der Waals surface area (Å²) in [5, 5.41) is 25.2. The van der Waals surface area contributed by atoms with Crippen molar-refractivity contribution in [3.63, 3.8) is 0 Å². The third kappa shape index (κ3) is 6.08. The highest BCUT2D eigenvalue weighted by atomic mass is 16.3. The first kappa shape index (κ1) is 17.5. The second-order valence-corrected chi connectivity index (χ2v) is 6.67. The highest BCUT2D eigenvalue weighted by molar-refractivity contribution is 5.74. The van der Waals surface area contributed by atoms with Gasteiger partial charge in [-0.2, -0.15) is 0 Å². The molecular weight excluding hydrogens is 282 g/mol. The molecule has 1 heterocycles. The van der Waals surface area contributed by atoms with Crippen molar-refractivity contribution in [2.45, 2.75) is 83.0 Å². The quantitative estimate of drug-likeness (QED) is 0.435. The number of rotatable bonds is 5. The second kappa shape index (κ2) is 8.67. The molecule has 0 radical (unpaired) electrons. The van der Waals surface area contributed by atoms with Crippen molar-refractivity contribution in [2.24, 2.45) is 0 Å². The fraction of sp³-hybridized carbons (Fsp3) is 0.933. The van der Waals surface area contributed by atoms with Gasteiger partial charge >= 0.3 is 6.03 Å². The van der Waals surface area contributed by atoms with E-state index >= 15 is 0 Å². The minimum absolute atomic E-state index is 0.0748. The molecule has 7 heteroatoms. The van der Waals surface area contributed by atoms with Gasteiger partial charge in [0.1, 0.15) is 6.29 Å². The summed E-state index contributed by atoms with van der Waals surface area (Å²) in [6.45, 7) is 4.38. The number of urea groups is 1. The van der Waals surface area contributed by atoms with E-state index in [0.717, 1.165) is 19.3 Å². The summed E-state index contributed by atoms with van der Waals surface area (Å²) in [5.41, 5.74) is 0. The smallest absolute Gasteiger partial charge is 0.317 e. The third-order valence-corrected chi connectivity index (χ3v) is 4.28. The summed E-state index contributed by atoms with van der Waals surface area (Å²) < 4.78 is 0. The van der Waals surface area contributed by atoms with Crippen LogP contribution in [0.1, 0.15) is 52.4 Å². The number of aliphatic hydroxyl groups excluding tert-OH is 1. The molecule has 0 spiro atoms. The lowest BCUT2D eigenvalue weighted by molar-refractivity contribution is 0.153. The van der Waals surface area contributed by atoms with Crippen LogP contribution in [0.25, 0.3) is 0 Å². The Kier molecular flexibility index (Phi) is 6.88. The summed E-state index contributed by atoms with van der Waals surface area (Å²) in [5.74, 6) is 0. The minimum atomic E-state index is -0.381. The maximum atomic E-state index is 12.1. The zero-order chi connectivity index (χ0) is 15.9. The molecule has 4 atom stereocenters. The summed E-state index contributed by atoms with van der Waals surface area (Å²) in [6, 6.07) is 0.465. The van der Waals surface area contributed by atoms with Crippen LogP contribution in [-0.4, -0.2) is 48.3 Å². The molecule has 2 aliphatic rings. The van der Waals surface area contributed by atoms with E-state index in [2.05, 4.69) is 33.5 Å². The Hall–Kier alpha value is -0.890. The fourth-order valence-electron chi connectivity index (χ4n) is 3.17. The highest BCUT2D eigenvalue weighted by Crippen LogP contribution is 2.17. The fourth-order valence-corrected chi connectivity index (χ4v) is 3.17. The van der Waals surface area contributed by atoms with Gasteiger partial charge in [-0.15, -0.1) is 0 Å². The van der Waals surface area contributed by atoms with Gasteiger partial charge in [0.2, 0.25) is 0 Å². The Morgan fingerprint density at radius 2 is 1.95 bits per heavy atom. The largest absolute Gasteiger partial charge is 0.392 e. The minimum Gasteiger partial charge on any atom is -0.392 e. The molecule has 0 aromatic carbocycles. The van der Waals surface area contributed by atoms with Crippen LogP contribution in [0, 0.1) is 0 Å². The number of hydrogen-bond acceptors (Lipinski definition) is 5. The maximum Gasteiger partial charge on any atom is 0.317 e. The van der Waals surface area contributed by atoms with Crippen molar-refractivity contribution in [3.8, 4) is 0 Å². The Balaban J connectivity index is 1.74. The second-order valence-electron chi connectivity index (χ2n) is 6.67. The molecular formula is C15H31N5O2. The van der Waals surface area contributed by atoms with Crippen LogP contribution < -0.4 is 26.6 Å². The molecule has 2 rings (SSSR count). The average molecular weight is 313 g/mol. The molecule has 6 N–H and O–H groups in total. The monoisotopic (exact) mass is 313 g/mol. The average Bonchev–Trinajstić information content (AvgIpc) is 2.45. The maximum absolute atomic E-state index is 12.1. The third-order valence-electron chi connectivity index (χ3n) is 4.28. The van der Waals surface area contributed by atoms with Crippen LogP contribution in [0.5, 0.6) is 0 Å². The van der Waals surface area contributed by atoms with Gasteiger partial charge < -0.3 is 15.7 Å². The van der Waals surface area contributed by atoms with Gasteiger partial charge in [-0.25, -0.2) is 4.79 Å². The van der Waals surface area contributed by atoms with Crippen LogP contribution in [0.3, 0.4) is 0 Å². The lowest BCUT2D eigenvalue weighted by Gasteiger charge is -2.37. The molecule has 1 aliphatic heterocycles. The molecule has 128 valence electrons. The molecule has 4 unspecified atom stereocenters. The summed E-state index contributed by atoms with van der Waals surface area (Å²) in [6.07, 6.45) is 6.16. The normalized spacial score (nSPS) is 31.5. The molecule has 2 fully saturated rings. The van der Waals surface area contributed by atoms with Crippen molar-refractivity contribution in [3.05, 3.63) is 0 Å². The van der Waals surface area contributed by atoms with E-state index in [4.69, 9.17) is 0 Å². The Bertz CT molecular complexity index is 347. The van der Waals surface area contributed by atoms with Crippen LogP contribution in [-0.2, 0) is 0 Å². The van der Waals surface area contributed by atoms with E-state index in [-0.39, 0.29) is 30.6 Å². The predicted molar refractivity (Wildman–Crippen MR) is 86.2 cm³/mol. The standard InChI is InChI=1S/C15H31N5O2/c1-10-8-13(16-9-11(2)21)19-14(17-10)20-15(22)18-12-6-4-3-5-7-12/h10-14,16-17,19,21H,3-9H2,1-2H3,(H2,18,20,22). The van der Waals surface area contributed by atoms with E-state index in [9.17, 15) is 9.90 Å². The van der Waals surface area contributed by atoms with Gasteiger partial charge in [-0.3, -0.25) is 16.0 Å². The van der Waals surface area contributed by atoms with Crippen molar-refractivity contribution in [1.82, 2.24) is 26.6 Å². The first-order valence-corrected chi connectivity index (χ1v) is 8.53. The molecule has 22 heavy (non-hydrogen) atoms. The van der Waals surface area contributed by atoms with Crippen molar-refractivity contribution in [1.29, 1.82) is 0 Å². The number of nitrogens with one attached hydrogen (secondary N) is 5. The SMILES string of the molecule is CC(O)CNC1CC(C)NC(NC(=O)NC2CCCCC2)N1. The van der Waals surface area contributed by atoms with Gasteiger partial charge in [0.25, 0.3) is 0 Å². The van der Waals surface area contributed by atoms with Gasteiger partial charge in [-0.1, -0.05) is 19.3 Å². The van der Waals surface area contributed by atoms with E-state index < -0.39 is 0 Å². The molecule has 7 nitrogen and oxygen atoms in total. The van der Waals surface area contributed by atoms with E-state index in [1.807, 2.05) is 0 Å². The molecule has 1 saturated carbocycles. The summed E-state index contributed by atoms with van der Waals surface area (Å²) >= 11 is 0. The Labute approximate surface area is 133 Å². The van der Waals surface area contributed by atoms with E-state index in [1.165, 1.54) is 19.3 Å². The lowest BCUT2D eigenvalue weighted by Crippen LogP contribution is -2.68. The van der Waals surface area contributed by atoms with Crippen LogP contribution in [0.4, 0.5) is 4.79 Å². The van der Waals surface area contributed by atoms with Crippen molar-refractivity contribution < 1.29 is 9.90 Å². The molecule has 0 bridgehead atoms. The van der Waals surface area contributed by atoms with Gasteiger partial charge in [0.05, 0.1) is 12.3 Å². The van der Waals surface area contributed by atoms with Gasteiger partial charge in [-0.05, 0) is 33.1 Å². The number of hydrogen-bond donors (Lipinski definition) is 6. The van der Waals surface area contributed by atoms with Crippen molar-refractivity contribution >= 4 is 6.03 Å². The Morgan fingerprint density at radius 3 is 2.64 bits per heavy atom. The van der Waals surface area contributed by atoms with E-state index in [1.54, 1.807) is 6.92 Å². The highest BCUT2D eigenvalue weighted by Gasteiger charge is 2.26. The number of aliphatic hydroxyl groups is 1. The summed E-state index contributed by atoms with van der Waals surface area (Å²) in [4.78, 5) is 12.1. The molecule has 2 amide bonds. The molecule has 0 aromatic rings. The van der Waals surface area contributed by atoms with Crippen LogP contribution in [0.2, 0.25) is 0 Å². The molecule has 1 saturated heterocycles. The van der Waals surface area contributed by atoms with Gasteiger partial charge in [0.15, 0.2) is 0 Å². The first-order chi connectivity index (χ1) is 10.5. The van der Waals surface area contributed by atoms with E-state index in [0.29, 0.717) is 12.6 Å². The number of amides is 2. The first-order valence-electron chi connectivity index (χ1n) is 8.53. The van der Waals surface area contributed by atoms with Crippen LogP contribution in [0.15, 0.2) is 0 Å². The predicted octanol–water partition coefficient (Wildman–Crippen LogP) is 0.170. The zero-order valence-electron chi connectivity index (χ0n) is 13.7.